The number of guanidine groups is 1. The summed E-state index contributed by atoms with van der Waals surface area (Å²) in [5, 5.41) is 3.58. The molecule has 2 aliphatic heterocycles. The molecule has 5 nitrogen and oxygen atoms in total. The van der Waals surface area contributed by atoms with Crippen molar-refractivity contribution < 1.29 is 9.47 Å². The third kappa shape index (κ3) is 3.40. The van der Waals surface area contributed by atoms with E-state index in [9.17, 15) is 0 Å². The summed E-state index contributed by atoms with van der Waals surface area (Å²) in [5.41, 5.74) is -0.0966. The van der Waals surface area contributed by atoms with Gasteiger partial charge in [0.2, 0.25) is 0 Å². The summed E-state index contributed by atoms with van der Waals surface area (Å²) in [6, 6.07) is 0. The van der Waals surface area contributed by atoms with Crippen LogP contribution in [0.25, 0.3) is 0 Å². The average Bonchev–Trinajstić information content (AvgIpc) is 3.00. The number of ether oxygens (including phenoxy) is 2. The van der Waals surface area contributed by atoms with E-state index in [2.05, 4.69) is 15.2 Å². The Morgan fingerprint density at radius 3 is 2.41 bits per heavy atom. The predicted molar refractivity (Wildman–Crippen MR) is 88.2 cm³/mol. The van der Waals surface area contributed by atoms with Crippen LogP contribution in [0.15, 0.2) is 4.99 Å². The Morgan fingerprint density at radius 2 is 1.86 bits per heavy atom. The Labute approximate surface area is 134 Å². The monoisotopic (exact) mass is 309 g/mol. The maximum atomic E-state index is 5.81. The fourth-order valence-electron chi connectivity index (χ4n) is 4.35. The van der Waals surface area contributed by atoms with Crippen molar-refractivity contribution in [2.24, 2.45) is 16.8 Å². The van der Waals surface area contributed by atoms with Crippen molar-refractivity contribution in [3.8, 4) is 0 Å². The predicted octanol–water partition coefficient (Wildman–Crippen LogP) is 1.88. The van der Waals surface area contributed by atoms with E-state index in [0.29, 0.717) is 0 Å². The lowest BCUT2D eigenvalue weighted by Crippen LogP contribution is -2.51. The van der Waals surface area contributed by atoms with Crippen LogP contribution in [0.2, 0.25) is 0 Å². The molecule has 0 spiro atoms. The van der Waals surface area contributed by atoms with Gasteiger partial charge in [-0.25, -0.2) is 0 Å². The number of fused-ring (bicyclic) bond motifs is 1. The number of methoxy groups -OCH3 is 1. The number of aliphatic imine (C=N–C) groups is 1. The summed E-state index contributed by atoms with van der Waals surface area (Å²) in [7, 11) is 3.72. The third-order valence-corrected chi connectivity index (χ3v) is 5.89. The topological polar surface area (TPSA) is 46.1 Å². The van der Waals surface area contributed by atoms with Gasteiger partial charge in [-0.3, -0.25) is 4.99 Å². The van der Waals surface area contributed by atoms with Crippen LogP contribution in [0.1, 0.15) is 38.5 Å². The van der Waals surface area contributed by atoms with Crippen LogP contribution < -0.4 is 5.32 Å². The van der Waals surface area contributed by atoms with Crippen molar-refractivity contribution in [2.45, 2.75) is 44.1 Å². The lowest BCUT2D eigenvalue weighted by molar-refractivity contribution is -0.0857. The van der Waals surface area contributed by atoms with E-state index in [1.54, 1.807) is 0 Å². The molecule has 126 valence electrons. The zero-order valence-electron chi connectivity index (χ0n) is 14.1. The Balaban J connectivity index is 1.56. The molecular formula is C17H31N3O2. The van der Waals surface area contributed by atoms with Gasteiger partial charge in [-0.2, -0.15) is 0 Å². The second kappa shape index (κ2) is 7.18. The summed E-state index contributed by atoms with van der Waals surface area (Å²) in [6.07, 6.45) is 7.54. The van der Waals surface area contributed by atoms with E-state index in [-0.39, 0.29) is 5.60 Å². The molecule has 2 atom stereocenters. The van der Waals surface area contributed by atoms with Crippen molar-refractivity contribution in [2.75, 3.05) is 47.0 Å². The van der Waals surface area contributed by atoms with Gasteiger partial charge in [-0.1, -0.05) is 12.8 Å². The first-order valence-corrected chi connectivity index (χ1v) is 8.85. The number of nitrogens with one attached hydrogen (secondary N) is 1. The molecule has 2 saturated heterocycles. The van der Waals surface area contributed by atoms with Crippen LogP contribution in [0.4, 0.5) is 0 Å². The Hall–Kier alpha value is -0.810. The lowest BCUT2D eigenvalue weighted by atomic mass is 9.82. The highest BCUT2D eigenvalue weighted by atomic mass is 16.5. The summed E-state index contributed by atoms with van der Waals surface area (Å²) in [4.78, 5) is 6.98. The number of rotatable bonds is 3. The largest absolute Gasteiger partial charge is 0.381 e. The van der Waals surface area contributed by atoms with E-state index in [1.807, 2.05) is 14.2 Å². The van der Waals surface area contributed by atoms with Gasteiger partial charge in [0.25, 0.3) is 0 Å². The molecule has 0 amide bonds. The van der Waals surface area contributed by atoms with Crippen LogP contribution in [0, 0.1) is 11.8 Å². The molecule has 3 fully saturated rings. The van der Waals surface area contributed by atoms with Crippen LogP contribution in [-0.2, 0) is 9.47 Å². The van der Waals surface area contributed by atoms with Crippen molar-refractivity contribution >= 4 is 5.96 Å². The molecule has 0 radical (unpaired) electrons. The van der Waals surface area contributed by atoms with Gasteiger partial charge in [0.15, 0.2) is 5.96 Å². The molecule has 0 aromatic rings. The molecule has 0 aromatic carbocycles. The standard InChI is InChI=1S/C17H31N3O2/c1-18-16(19-13-17(21-2)7-9-22-10-8-17)20-11-14-5-3-4-6-15(14)12-20/h14-15H,3-13H2,1-2H3,(H,18,19). The van der Waals surface area contributed by atoms with Crippen LogP contribution in [0.3, 0.4) is 0 Å². The second-order valence-electron chi connectivity index (χ2n) is 7.11. The third-order valence-electron chi connectivity index (χ3n) is 5.89. The number of likely N-dealkylation sites (tertiary alicyclic amines) is 1. The molecule has 3 aliphatic rings. The zero-order valence-corrected chi connectivity index (χ0v) is 14.1. The molecule has 22 heavy (non-hydrogen) atoms. The molecular weight excluding hydrogens is 278 g/mol. The van der Waals surface area contributed by atoms with E-state index >= 15 is 0 Å². The fourth-order valence-corrected chi connectivity index (χ4v) is 4.35. The Bertz CT molecular complexity index is 379. The maximum absolute atomic E-state index is 5.81. The summed E-state index contributed by atoms with van der Waals surface area (Å²) in [5.74, 6) is 2.82. The van der Waals surface area contributed by atoms with Gasteiger partial charge in [0, 0.05) is 59.8 Å². The molecule has 3 rings (SSSR count). The molecule has 0 aromatic heterocycles. The highest BCUT2D eigenvalue weighted by Crippen LogP contribution is 2.36. The maximum Gasteiger partial charge on any atom is 0.193 e. The highest BCUT2D eigenvalue weighted by molar-refractivity contribution is 5.80. The molecule has 1 aliphatic carbocycles. The minimum atomic E-state index is -0.0966. The van der Waals surface area contributed by atoms with Crippen LogP contribution >= 0.6 is 0 Å². The van der Waals surface area contributed by atoms with Crippen LogP contribution in [-0.4, -0.2) is 63.5 Å². The summed E-state index contributed by atoms with van der Waals surface area (Å²) in [6.45, 7) is 4.76. The number of hydrogen-bond donors (Lipinski definition) is 1. The van der Waals surface area contributed by atoms with Gasteiger partial charge < -0.3 is 19.7 Å². The van der Waals surface area contributed by atoms with Crippen molar-refractivity contribution in [3.05, 3.63) is 0 Å². The van der Waals surface area contributed by atoms with Gasteiger partial charge in [0.05, 0.1) is 5.60 Å². The van der Waals surface area contributed by atoms with E-state index < -0.39 is 0 Å². The average molecular weight is 309 g/mol. The molecule has 2 heterocycles. The first kappa shape index (κ1) is 16.1. The number of nitrogens with zero attached hydrogens (tertiary/aromatic N) is 2. The minimum Gasteiger partial charge on any atom is -0.381 e. The Kier molecular flexibility index (Phi) is 5.24. The van der Waals surface area contributed by atoms with Gasteiger partial charge >= 0.3 is 0 Å². The first-order valence-electron chi connectivity index (χ1n) is 8.85. The Morgan fingerprint density at radius 1 is 1.23 bits per heavy atom. The van der Waals surface area contributed by atoms with Crippen LogP contribution in [0.5, 0.6) is 0 Å². The summed E-state index contributed by atoms with van der Waals surface area (Å²) >= 11 is 0. The smallest absolute Gasteiger partial charge is 0.193 e. The van der Waals surface area contributed by atoms with E-state index in [1.165, 1.54) is 38.8 Å². The quantitative estimate of drug-likeness (QED) is 0.639. The van der Waals surface area contributed by atoms with Gasteiger partial charge in [0.1, 0.15) is 0 Å². The normalized spacial score (nSPS) is 31.9. The van der Waals surface area contributed by atoms with Crippen molar-refractivity contribution in [1.29, 1.82) is 0 Å². The minimum absolute atomic E-state index is 0.0966. The first-order chi connectivity index (χ1) is 10.8. The van der Waals surface area contributed by atoms with E-state index in [0.717, 1.165) is 50.4 Å². The zero-order chi connectivity index (χ0) is 15.4. The van der Waals surface area contributed by atoms with Gasteiger partial charge in [-0.15, -0.1) is 0 Å². The van der Waals surface area contributed by atoms with Gasteiger partial charge in [-0.05, 0) is 24.7 Å². The molecule has 0 bridgehead atoms. The molecule has 5 heteroatoms. The second-order valence-corrected chi connectivity index (χ2v) is 7.11. The molecule has 1 N–H and O–H groups in total. The van der Waals surface area contributed by atoms with Crippen molar-refractivity contribution in [3.63, 3.8) is 0 Å². The lowest BCUT2D eigenvalue weighted by Gasteiger charge is -2.37. The summed E-state index contributed by atoms with van der Waals surface area (Å²) < 4.78 is 11.3. The SMILES string of the molecule is CN=C(NCC1(OC)CCOCC1)N1CC2CCCCC2C1. The molecule has 2 unspecified atom stereocenters. The fraction of sp³-hybridized carbons (Fsp3) is 0.941. The molecule has 1 saturated carbocycles. The highest BCUT2D eigenvalue weighted by Gasteiger charge is 2.37. The van der Waals surface area contributed by atoms with E-state index in [4.69, 9.17) is 9.47 Å². The van der Waals surface area contributed by atoms with Crippen molar-refractivity contribution in [1.82, 2.24) is 10.2 Å². The number of hydrogen-bond acceptors (Lipinski definition) is 3.